The van der Waals surface area contributed by atoms with Gasteiger partial charge >= 0.3 is 0 Å². The molecule has 0 aliphatic carbocycles. The number of carbonyl (C=O) groups excluding carboxylic acids is 1. The van der Waals surface area contributed by atoms with Gasteiger partial charge in [0.25, 0.3) is 0 Å². The van der Waals surface area contributed by atoms with Crippen LogP contribution < -0.4 is 20.9 Å². The molecule has 0 radical (unpaired) electrons. The molecule has 0 atom stereocenters. The second kappa shape index (κ2) is 10.1. The summed E-state index contributed by atoms with van der Waals surface area (Å²) in [6, 6.07) is 6.09. The molecule has 1 amide bonds. The summed E-state index contributed by atoms with van der Waals surface area (Å²) in [4.78, 5) is 24.4. The zero-order chi connectivity index (χ0) is 23.5. The highest BCUT2D eigenvalue weighted by Crippen LogP contribution is 2.30. The Morgan fingerprint density at radius 3 is 2.70 bits per heavy atom. The van der Waals surface area contributed by atoms with Gasteiger partial charge in [-0.25, -0.2) is 4.98 Å². The fraction of sp³-hybridized carbons (Fsp3) is 0.625. The number of carbonyl (C=O) groups is 1. The average molecular weight is 519 g/mol. The monoisotopic (exact) mass is 518 g/mol. The van der Waals surface area contributed by atoms with Crippen LogP contribution in [0.5, 0.6) is 0 Å². The molecule has 4 rings (SSSR count). The second-order valence-corrected chi connectivity index (χ2v) is 10.8. The molecular formula is C24H35BrN6O2. The van der Waals surface area contributed by atoms with Crippen LogP contribution in [-0.2, 0) is 9.53 Å². The Balaban J connectivity index is 1.45. The summed E-state index contributed by atoms with van der Waals surface area (Å²) < 4.78 is 6.82. The van der Waals surface area contributed by atoms with Gasteiger partial charge in [-0.15, -0.1) is 0 Å². The minimum atomic E-state index is -0.452. The van der Waals surface area contributed by atoms with Gasteiger partial charge in [-0.1, -0.05) is 15.9 Å². The van der Waals surface area contributed by atoms with E-state index in [1.807, 2.05) is 12.1 Å². The van der Waals surface area contributed by atoms with Gasteiger partial charge < -0.3 is 25.6 Å². The number of hydrogen-bond donors (Lipinski definition) is 3. The fourth-order valence-electron chi connectivity index (χ4n) is 4.40. The van der Waals surface area contributed by atoms with Crippen molar-refractivity contribution in [3.8, 4) is 0 Å². The van der Waals surface area contributed by atoms with E-state index in [1.54, 1.807) is 0 Å². The number of nitrogens with one attached hydrogen (secondary N) is 3. The molecule has 1 aromatic heterocycles. The number of ether oxygens (including phenoxy) is 1. The molecule has 2 saturated heterocycles. The first-order valence-electron chi connectivity index (χ1n) is 11.9. The molecule has 33 heavy (non-hydrogen) atoms. The third-order valence-electron chi connectivity index (χ3n) is 6.25. The van der Waals surface area contributed by atoms with Crippen LogP contribution in [0.25, 0.3) is 10.9 Å². The number of aromatic nitrogens is 2. The maximum absolute atomic E-state index is 12.5. The molecule has 2 aliphatic rings. The summed E-state index contributed by atoms with van der Waals surface area (Å²) in [6.07, 6.45) is 3.49. The number of piperidine rings is 1. The first-order chi connectivity index (χ1) is 15.8. The average Bonchev–Trinajstić information content (AvgIpc) is 2.78. The molecule has 180 valence electrons. The molecule has 2 aromatic rings. The van der Waals surface area contributed by atoms with Gasteiger partial charge in [0.15, 0.2) is 0 Å². The highest BCUT2D eigenvalue weighted by Gasteiger charge is 2.43. The van der Waals surface area contributed by atoms with Crippen molar-refractivity contribution in [2.24, 2.45) is 0 Å². The van der Waals surface area contributed by atoms with Crippen LogP contribution in [0.1, 0.15) is 46.5 Å². The lowest BCUT2D eigenvalue weighted by molar-refractivity contribution is -0.130. The molecule has 9 heteroatoms. The zero-order valence-corrected chi connectivity index (χ0v) is 21.4. The van der Waals surface area contributed by atoms with Gasteiger partial charge in [-0.3, -0.25) is 4.79 Å². The lowest BCUT2D eigenvalue weighted by atomic mass is 9.85. The highest BCUT2D eigenvalue weighted by molar-refractivity contribution is 9.10. The Hall–Kier alpha value is -1.97. The summed E-state index contributed by atoms with van der Waals surface area (Å²) >= 11 is 3.57. The van der Waals surface area contributed by atoms with Gasteiger partial charge in [0.05, 0.1) is 11.1 Å². The molecule has 2 aliphatic heterocycles. The smallest absolute Gasteiger partial charge is 0.240 e. The summed E-state index contributed by atoms with van der Waals surface area (Å²) in [6.45, 7) is 10.8. The molecular weight excluding hydrogens is 484 g/mol. The predicted octanol–water partition coefficient (Wildman–Crippen LogP) is 3.46. The zero-order valence-electron chi connectivity index (χ0n) is 19.8. The molecule has 0 bridgehead atoms. The lowest BCUT2D eigenvalue weighted by Crippen LogP contribution is -2.66. The number of fused-ring (bicyclic) bond motifs is 1. The standard InChI is InChI=1S/C24H35BrN6O2/c1-23(2,3)33-15-5-4-10-26-20-18-16-17(25)6-7-19(18)29-22(30-20)31-13-8-24(9-14-31)21(32)27-11-12-28-24/h6-7,16,28H,4-5,8-15H2,1-3H3,(H,27,32)(H,26,29,30). The summed E-state index contributed by atoms with van der Waals surface area (Å²) in [7, 11) is 0. The molecule has 0 unspecified atom stereocenters. The number of anilines is 2. The van der Waals surface area contributed by atoms with Gasteiger partial charge in [0.2, 0.25) is 11.9 Å². The van der Waals surface area contributed by atoms with E-state index in [-0.39, 0.29) is 11.5 Å². The van der Waals surface area contributed by atoms with Crippen molar-refractivity contribution in [1.82, 2.24) is 20.6 Å². The van der Waals surface area contributed by atoms with Crippen molar-refractivity contribution in [3.63, 3.8) is 0 Å². The van der Waals surface area contributed by atoms with E-state index in [1.165, 1.54) is 0 Å². The van der Waals surface area contributed by atoms with Gasteiger partial charge in [0, 0.05) is 49.2 Å². The van der Waals surface area contributed by atoms with Crippen LogP contribution >= 0.6 is 15.9 Å². The maximum atomic E-state index is 12.5. The van der Waals surface area contributed by atoms with E-state index < -0.39 is 5.54 Å². The molecule has 0 saturated carbocycles. The van der Waals surface area contributed by atoms with E-state index in [2.05, 4.69) is 63.6 Å². The van der Waals surface area contributed by atoms with Gasteiger partial charge in [-0.05, 0) is 64.7 Å². The number of unbranched alkanes of at least 4 members (excludes halogenated alkanes) is 1. The molecule has 1 spiro atoms. The number of halogens is 1. The normalized spacial score (nSPS) is 18.5. The molecule has 3 N–H and O–H groups in total. The topological polar surface area (TPSA) is 91.4 Å². The van der Waals surface area contributed by atoms with E-state index in [4.69, 9.17) is 14.7 Å². The Kier molecular flexibility index (Phi) is 7.40. The Labute approximate surface area is 204 Å². The van der Waals surface area contributed by atoms with Gasteiger partial charge in [-0.2, -0.15) is 4.98 Å². The van der Waals surface area contributed by atoms with Gasteiger partial charge in [0.1, 0.15) is 11.4 Å². The maximum Gasteiger partial charge on any atom is 0.240 e. The van der Waals surface area contributed by atoms with Crippen molar-refractivity contribution in [1.29, 1.82) is 0 Å². The largest absolute Gasteiger partial charge is 0.376 e. The number of amides is 1. The number of hydrogen-bond acceptors (Lipinski definition) is 7. The summed E-state index contributed by atoms with van der Waals surface area (Å²) in [5.74, 6) is 1.69. The van der Waals surface area contributed by atoms with Crippen molar-refractivity contribution in [2.45, 2.75) is 57.6 Å². The van der Waals surface area contributed by atoms with E-state index in [0.717, 1.165) is 85.6 Å². The van der Waals surface area contributed by atoms with Crippen LogP contribution in [0.15, 0.2) is 22.7 Å². The minimum absolute atomic E-state index is 0.0989. The minimum Gasteiger partial charge on any atom is -0.376 e. The predicted molar refractivity (Wildman–Crippen MR) is 136 cm³/mol. The van der Waals surface area contributed by atoms with Crippen molar-refractivity contribution >= 4 is 44.5 Å². The van der Waals surface area contributed by atoms with Crippen molar-refractivity contribution in [3.05, 3.63) is 22.7 Å². The van der Waals surface area contributed by atoms with Crippen LogP contribution in [0, 0.1) is 0 Å². The Bertz CT molecular complexity index is 985. The van der Waals surface area contributed by atoms with E-state index >= 15 is 0 Å². The Morgan fingerprint density at radius 1 is 1.18 bits per heavy atom. The molecule has 2 fully saturated rings. The summed E-state index contributed by atoms with van der Waals surface area (Å²) in [5, 5.41) is 11.0. The number of benzene rings is 1. The van der Waals surface area contributed by atoms with E-state index in [9.17, 15) is 4.79 Å². The number of rotatable bonds is 7. The SMILES string of the molecule is CC(C)(C)OCCCCNc1nc(N2CCC3(CC2)NCCNC3=O)nc2ccc(Br)cc12. The van der Waals surface area contributed by atoms with Crippen LogP contribution in [0.3, 0.4) is 0 Å². The number of nitrogens with zero attached hydrogens (tertiary/aromatic N) is 3. The Morgan fingerprint density at radius 2 is 1.97 bits per heavy atom. The third kappa shape index (κ3) is 5.94. The fourth-order valence-corrected chi connectivity index (χ4v) is 4.76. The van der Waals surface area contributed by atoms with E-state index in [0.29, 0.717) is 6.54 Å². The number of piperazine rings is 1. The van der Waals surface area contributed by atoms with Crippen molar-refractivity contribution < 1.29 is 9.53 Å². The second-order valence-electron chi connectivity index (χ2n) is 9.88. The first kappa shape index (κ1) is 24.2. The van der Waals surface area contributed by atoms with Crippen LogP contribution in [0.2, 0.25) is 0 Å². The third-order valence-corrected chi connectivity index (χ3v) is 6.75. The van der Waals surface area contributed by atoms with Crippen LogP contribution in [-0.4, -0.2) is 66.3 Å². The first-order valence-corrected chi connectivity index (χ1v) is 12.7. The summed E-state index contributed by atoms with van der Waals surface area (Å²) in [5.41, 5.74) is 0.362. The molecule has 3 heterocycles. The molecule has 1 aromatic carbocycles. The molecule has 8 nitrogen and oxygen atoms in total. The lowest BCUT2D eigenvalue weighted by Gasteiger charge is -2.43. The highest BCUT2D eigenvalue weighted by atomic mass is 79.9. The van der Waals surface area contributed by atoms with Crippen molar-refractivity contribution in [2.75, 3.05) is 49.5 Å². The van der Waals surface area contributed by atoms with Crippen LogP contribution in [0.4, 0.5) is 11.8 Å². The quantitative estimate of drug-likeness (QED) is 0.483.